The molecule has 1 fully saturated rings. The number of hydrogen-bond acceptors (Lipinski definition) is 5. The van der Waals surface area contributed by atoms with Crippen molar-refractivity contribution in [3.8, 4) is 0 Å². The summed E-state index contributed by atoms with van der Waals surface area (Å²) in [5.74, 6) is -0.0857. The third-order valence-corrected chi connectivity index (χ3v) is 4.12. The van der Waals surface area contributed by atoms with Crippen molar-refractivity contribution in [1.29, 1.82) is 0 Å². The Labute approximate surface area is 129 Å². The molecular weight excluding hydrogens is 284 g/mol. The van der Waals surface area contributed by atoms with Crippen LogP contribution in [0.3, 0.4) is 0 Å². The molecule has 0 radical (unpaired) electrons. The molecule has 7 nitrogen and oxygen atoms in total. The summed E-state index contributed by atoms with van der Waals surface area (Å²) in [5.41, 5.74) is -0.0636. The van der Waals surface area contributed by atoms with Crippen molar-refractivity contribution in [2.75, 3.05) is 31.1 Å². The van der Waals surface area contributed by atoms with Crippen molar-refractivity contribution in [3.05, 3.63) is 17.8 Å². The van der Waals surface area contributed by atoms with Crippen LogP contribution in [0.1, 0.15) is 37.2 Å². The van der Waals surface area contributed by atoms with Crippen molar-refractivity contribution >= 4 is 17.7 Å². The van der Waals surface area contributed by atoms with Gasteiger partial charge in [0.15, 0.2) is 11.5 Å². The van der Waals surface area contributed by atoms with E-state index >= 15 is 0 Å². The molecule has 22 heavy (non-hydrogen) atoms. The zero-order valence-corrected chi connectivity index (χ0v) is 13.0. The topological polar surface area (TPSA) is 86.6 Å². The highest BCUT2D eigenvalue weighted by atomic mass is 16.4. The molecule has 0 unspecified atom stereocenters. The fourth-order valence-electron chi connectivity index (χ4n) is 2.66. The number of amides is 1. The molecule has 1 aromatic rings. The molecule has 1 aromatic heterocycles. The second-order valence-corrected chi connectivity index (χ2v) is 5.41. The minimum Gasteiger partial charge on any atom is -0.476 e. The minimum absolute atomic E-state index is 0.0636. The van der Waals surface area contributed by atoms with Crippen LogP contribution in [0.4, 0.5) is 5.82 Å². The van der Waals surface area contributed by atoms with E-state index in [1.54, 1.807) is 6.07 Å². The van der Waals surface area contributed by atoms with Crippen molar-refractivity contribution in [1.82, 2.24) is 15.1 Å². The van der Waals surface area contributed by atoms with Gasteiger partial charge in [0.1, 0.15) is 0 Å². The average molecular weight is 306 g/mol. The van der Waals surface area contributed by atoms with Crippen molar-refractivity contribution < 1.29 is 14.7 Å². The zero-order valence-electron chi connectivity index (χ0n) is 13.0. The first kappa shape index (κ1) is 16.2. The summed E-state index contributed by atoms with van der Waals surface area (Å²) in [6.45, 7) is 6.79. The lowest BCUT2D eigenvalue weighted by atomic mass is 10.0. The highest BCUT2D eigenvalue weighted by Crippen LogP contribution is 2.17. The van der Waals surface area contributed by atoms with Gasteiger partial charge in [-0.25, -0.2) is 4.79 Å². The summed E-state index contributed by atoms with van der Waals surface area (Å²) in [5, 5.41) is 16.5. The number of piperazine rings is 1. The number of carboxylic acids is 1. The molecule has 0 spiro atoms. The van der Waals surface area contributed by atoms with Crippen molar-refractivity contribution in [2.45, 2.75) is 26.7 Å². The van der Waals surface area contributed by atoms with Crippen LogP contribution in [-0.4, -0.2) is 58.3 Å². The van der Waals surface area contributed by atoms with Gasteiger partial charge in [0.05, 0.1) is 0 Å². The zero-order chi connectivity index (χ0) is 16.1. The molecule has 0 aliphatic carbocycles. The second kappa shape index (κ2) is 7.20. The third-order valence-electron chi connectivity index (χ3n) is 4.12. The van der Waals surface area contributed by atoms with Gasteiger partial charge in [0.25, 0.3) is 0 Å². The first-order valence-electron chi connectivity index (χ1n) is 7.67. The normalized spacial score (nSPS) is 15.2. The maximum absolute atomic E-state index is 12.3. The van der Waals surface area contributed by atoms with Gasteiger partial charge in [0, 0.05) is 32.1 Å². The second-order valence-electron chi connectivity index (χ2n) is 5.41. The number of carboxylic acid groups (broad SMARTS) is 1. The Hall–Kier alpha value is -2.18. The molecule has 1 saturated heterocycles. The SMILES string of the molecule is CCC(CC)C(=O)N1CCN(c2ccc(C(=O)O)nn2)CC1. The predicted molar refractivity (Wildman–Crippen MR) is 81.9 cm³/mol. The van der Waals surface area contributed by atoms with Crippen LogP contribution < -0.4 is 4.90 Å². The molecule has 1 N–H and O–H groups in total. The van der Waals surface area contributed by atoms with Crippen LogP contribution in [0.2, 0.25) is 0 Å². The van der Waals surface area contributed by atoms with Gasteiger partial charge in [0.2, 0.25) is 5.91 Å². The standard InChI is InChI=1S/C15H22N4O3/c1-3-11(4-2)14(20)19-9-7-18(8-10-19)13-6-5-12(15(21)22)16-17-13/h5-6,11H,3-4,7-10H2,1-2H3,(H,21,22). The van der Waals surface area contributed by atoms with Gasteiger partial charge in [-0.05, 0) is 25.0 Å². The van der Waals surface area contributed by atoms with Crippen LogP contribution in [0.25, 0.3) is 0 Å². The van der Waals surface area contributed by atoms with E-state index in [-0.39, 0.29) is 17.5 Å². The maximum Gasteiger partial charge on any atom is 0.356 e. The van der Waals surface area contributed by atoms with E-state index in [4.69, 9.17) is 5.11 Å². The first-order chi connectivity index (χ1) is 10.6. The number of aromatic nitrogens is 2. The Bertz CT molecular complexity index is 520. The minimum atomic E-state index is -1.08. The Balaban J connectivity index is 1.94. The van der Waals surface area contributed by atoms with Crippen LogP contribution in [0.5, 0.6) is 0 Å². The molecule has 0 saturated carbocycles. The highest BCUT2D eigenvalue weighted by molar-refractivity contribution is 5.85. The molecule has 0 atom stereocenters. The number of carbonyl (C=O) groups is 2. The molecule has 1 amide bonds. The number of aromatic carboxylic acids is 1. The molecular formula is C15H22N4O3. The van der Waals surface area contributed by atoms with E-state index in [1.165, 1.54) is 6.07 Å². The monoisotopic (exact) mass is 306 g/mol. The predicted octanol–water partition coefficient (Wildman–Crippen LogP) is 1.26. The molecule has 2 rings (SSSR count). The lowest BCUT2D eigenvalue weighted by Gasteiger charge is -2.36. The summed E-state index contributed by atoms with van der Waals surface area (Å²) in [6, 6.07) is 3.11. The lowest BCUT2D eigenvalue weighted by molar-refractivity contribution is -0.136. The Morgan fingerprint density at radius 3 is 2.23 bits per heavy atom. The van der Waals surface area contributed by atoms with Gasteiger partial charge in [-0.2, -0.15) is 0 Å². The van der Waals surface area contributed by atoms with E-state index in [0.29, 0.717) is 32.0 Å². The van der Waals surface area contributed by atoms with E-state index in [1.807, 2.05) is 23.6 Å². The van der Waals surface area contributed by atoms with E-state index < -0.39 is 5.97 Å². The fraction of sp³-hybridized carbons (Fsp3) is 0.600. The van der Waals surface area contributed by atoms with E-state index in [9.17, 15) is 9.59 Å². The van der Waals surface area contributed by atoms with Gasteiger partial charge in [-0.15, -0.1) is 10.2 Å². The summed E-state index contributed by atoms with van der Waals surface area (Å²) < 4.78 is 0. The van der Waals surface area contributed by atoms with Gasteiger partial charge >= 0.3 is 5.97 Å². The van der Waals surface area contributed by atoms with Gasteiger partial charge in [-0.3, -0.25) is 4.79 Å². The average Bonchev–Trinajstić information content (AvgIpc) is 2.56. The smallest absolute Gasteiger partial charge is 0.356 e. The van der Waals surface area contributed by atoms with Gasteiger partial charge in [-0.1, -0.05) is 13.8 Å². The quantitative estimate of drug-likeness (QED) is 0.881. The molecule has 1 aliphatic rings. The Morgan fingerprint density at radius 2 is 1.77 bits per heavy atom. The molecule has 0 bridgehead atoms. The Morgan fingerprint density at radius 1 is 1.14 bits per heavy atom. The van der Waals surface area contributed by atoms with Crippen LogP contribution in [0.15, 0.2) is 12.1 Å². The summed E-state index contributed by atoms with van der Waals surface area (Å²) in [7, 11) is 0. The van der Waals surface area contributed by atoms with Gasteiger partial charge < -0.3 is 14.9 Å². The highest BCUT2D eigenvalue weighted by Gasteiger charge is 2.26. The Kier molecular flexibility index (Phi) is 5.30. The number of anilines is 1. The lowest BCUT2D eigenvalue weighted by Crippen LogP contribution is -2.50. The van der Waals surface area contributed by atoms with Crippen LogP contribution >= 0.6 is 0 Å². The summed E-state index contributed by atoms with van der Waals surface area (Å²) in [6.07, 6.45) is 1.75. The number of rotatable bonds is 5. The first-order valence-corrected chi connectivity index (χ1v) is 7.67. The third kappa shape index (κ3) is 3.52. The maximum atomic E-state index is 12.3. The van der Waals surface area contributed by atoms with E-state index in [2.05, 4.69) is 10.2 Å². The summed E-state index contributed by atoms with van der Waals surface area (Å²) in [4.78, 5) is 27.0. The number of nitrogens with zero attached hydrogens (tertiary/aromatic N) is 4. The van der Waals surface area contributed by atoms with Crippen LogP contribution in [0, 0.1) is 5.92 Å². The summed E-state index contributed by atoms with van der Waals surface area (Å²) >= 11 is 0. The molecule has 0 aromatic carbocycles. The number of carbonyl (C=O) groups excluding carboxylic acids is 1. The number of hydrogen-bond donors (Lipinski definition) is 1. The molecule has 1 aliphatic heterocycles. The van der Waals surface area contributed by atoms with Crippen molar-refractivity contribution in [2.24, 2.45) is 5.92 Å². The van der Waals surface area contributed by atoms with E-state index in [0.717, 1.165) is 12.8 Å². The fourth-order valence-corrected chi connectivity index (χ4v) is 2.66. The largest absolute Gasteiger partial charge is 0.476 e. The van der Waals surface area contributed by atoms with Crippen LogP contribution in [-0.2, 0) is 4.79 Å². The molecule has 2 heterocycles. The van der Waals surface area contributed by atoms with Crippen molar-refractivity contribution in [3.63, 3.8) is 0 Å². The molecule has 120 valence electrons. The molecule has 7 heteroatoms.